The molecule has 1 saturated heterocycles. The molecule has 0 bridgehead atoms. The average molecular weight is 272 g/mol. The molecule has 1 unspecified atom stereocenters. The topological polar surface area (TPSA) is 26.3 Å². The van der Waals surface area contributed by atoms with Crippen molar-refractivity contribution in [2.45, 2.75) is 63.9 Å². The van der Waals surface area contributed by atoms with Gasteiger partial charge in [-0.3, -0.25) is 4.79 Å². The van der Waals surface area contributed by atoms with E-state index in [2.05, 4.69) is 12.1 Å². The molecule has 0 spiro atoms. The molecule has 2 nitrogen and oxygen atoms in total. The molecule has 1 heterocycles. The van der Waals surface area contributed by atoms with E-state index >= 15 is 0 Å². The Hall–Kier alpha value is -1.15. The Labute approximate surface area is 121 Å². The number of carbonyl (C=O) groups excluding carboxylic acids is 1. The van der Waals surface area contributed by atoms with Crippen LogP contribution >= 0.6 is 0 Å². The predicted molar refractivity (Wildman–Crippen MR) is 80.2 cm³/mol. The standard InChI is InChI=1S/C18H24O2/c19-18(11-10-17-7-3-4-12-20-17)16-9-8-14-5-1-2-6-15(14)13-16/h8-9,13,17H,1-7,10-12H2. The van der Waals surface area contributed by atoms with Crippen molar-refractivity contribution in [3.63, 3.8) is 0 Å². The predicted octanol–water partition coefficient (Wildman–Crippen LogP) is 4.10. The quantitative estimate of drug-likeness (QED) is 0.771. The molecule has 0 N–H and O–H groups in total. The van der Waals surface area contributed by atoms with Gasteiger partial charge in [0.1, 0.15) is 0 Å². The van der Waals surface area contributed by atoms with Gasteiger partial charge in [-0.1, -0.05) is 12.1 Å². The van der Waals surface area contributed by atoms with E-state index in [9.17, 15) is 4.79 Å². The van der Waals surface area contributed by atoms with Gasteiger partial charge in [-0.15, -0.1) is 0 Å². The number of rotatable bonds is 4. The van der Waals surface area contributed by atoms with Crippen LogP contribution < -0.4 is 0 Å². The smallest absolute Gasteiger partial charge is 0.162 e. The molecule has 1 atom stereocenters. The number of Topliss-reactive ketones (excluding diaryl/α,β-unsaturated/α-hetero) is 1. The van der Waals surface area contributed by atoms with Gasteiger partial charge in [0.15, 0.2) is 5.78 Å². The van der Waals surface area contributed by atoms with E-state index in [-0.39, 0.29) is 5.78 Å². The second kappa shape index (κ2) is 6.53. The molecule has 0 saturated carbocycles. The Morgan fingerprint density at radius 2 is 1.95 bits per heavy atom. The third kappa shape index (κ3) is 3.29. The van der Waals surface area contributed by atoms with E-state index in [0.717, 1.165) is 31.4 Å². The molecule has 1 fully saturated rings. The van der Waals surface area contributed by atoms with Crippen LogP contribution in [0.15, 0.2) is 18.2 Å². The highest BCUT2D eigenvalue weighted by molar-refractivity contribution is 5.96. The summed E-state index contributed by atoms with van der Waals surface area (Å²) >= 11 is 0. The van der Waals surface area contributed by atoms with Gasteiger partial charge in [0, 0.05) is 18.6 Å². The van der Waals surface area contributed by atoms with Crippen molar-refractivity contribution in [2.75, 3.05) is 6.61 Å². The van der Waals surface area contributed by atoms with Crippen LogP contribution in [0.3, 0.4) is 0 Å². The summed E-state index contributed by atoms with van der Waals surface area (Å²) in [6, 6.07) is 6.33. The highest BCUT2D eigenvalue weighted by Crippen LogP contribution is 2.24. The minimum atomic E-state index is 0.285. The molecular formula is C18H24O2. The van der Waals surface area contributed by atoms with Gasteiger partial charge in [0.2, 0.25) is 0 Å². The number of carbonyl (C=O) groups is 1. The average Bonchev–Trinajstić information content (AvgIpc) is 2.53. The number of ether oxygens (including phenoxy) is 1. The monoisotopic (exact) mass is 272 g/mol. The zero-order valence-corrected chi connectivity index (χ0v) is 12.2. The Kier molecular flexibility index (Phi) is 4.51. The largest absolute Gasteiger partial charge is 0.378 e. The first-order valence-electron chi connectivity index (χ1n) is 8.09. The number of hydrogen-bond acceptors (Lipinski definition) is 2. The second-order valence-electron chi connectivity index (χ2n) is 6.14. The highest BCUT2D eigenvalue weighted by Gasteiger charge is 2.17. The molecule has 0 aromatic heterocycles. The van der Waals surface area contributed by atoms with Crippen LogP contribution in [0, 0.1) is 0 Å². The highest BCUT2D eigenvalue weighted by atomic mass is 16.5. The number of ketones is 1. The van der Waals surface area contributed by atoms with Gasteiger partial charge in [-0.2, -0.15) is 0 Å². The number of benzene rings is 1. The first-order valence-corrected chi connectivity index (χ1v) is 8.09. The molecular weight excluding hydrogens is 248 g/mol. The summed E-state index contributed by atoms with van der Waals surface area (Å²) in [5.74, 6) is 0.285. The van der Waals surface area contributed by atoms with Crippen LogP contribution in [-0.2, 0) is 17.6 Å². The van der Waals surface area contributed by atoms with Gasteiger partial charge in [-0.05, 0) is 68.6 Å². The van der Waals surface area contributed by atoms with Crippen molar-refractivity contribution < 1.29 is 9.53 Å². The molecule has 20 heavy (non-hydrogen) atoms. The number of aryl methyl sites for hydroxylation is 2. The molecule has 0 radical (unpaired) electrons. The maximum Gasteiger partial charge on any atom is 0.162 e. The summed E-state index contributed by atoms with van der Waals surface area (Å²) in [5, 5.41) is 0. The van der Waals surface area contributed by atoms with Crippen molar-refractivity contribution in [3.05, 3.63) is 34.9 Å². The van der Waals surface area contributed by atoms with E-state index in [1.165, 1.54) is 43.2 Å². The van der Waals surface area contributed by atoms with Gasteiger partial charge in [0.05, 0.1) is 6.10 Å². The van der Waals surface area contributed by atoms with Gasteiger partial charge in [-0.25, -0.2) is 0 Å². The Balaban J connectivity index is 1.59. The summed E-state index contributed by atoms with van der Waals surface area (Å²) in [6.07, 6.45) is 10.2. The minimum Gasteiger partial charge on any atom is -0.378 e. The van der Waals surface area contributed by atoms with Crippen molar-refractivity contribution in [3.8, 4) is 0 Å². The fourth-order valence-corrected chi connectivity index (χ4v) is 3.38. The lowest BCUT2D eigenvalue weighted by atomic mass is 9.89. The summed E-state index contributed by atoms with van der Waals surface area (Å²) in [6.45, 7) is 0.873. The Bertz CT molecular complexity index is 472. The molecule has 1 aromatic carbocycles. The zero-order chi connectivity index (χ0) is 13.8. The van der Waals surface area contributed by atoms with Crippen LogP contribution in [0.1, 0.15) is 66.4 Å². The summed E-state index contributed by atoms with van der Waals surface area (Å²) < 4.78 is 5.70. The Morgan fingerprint density at radius 1 is 1.10 bits per heavy atom. The van der Waals surface area contributed by atoms with Gasteiger partial charge >= 0.3 is 0 Å². The molecule has 1 aromatic rings. The van der Waals surface area contributed by atoms with E-state index in [0.29, 0.717) is 12.5 Å². The zero-order valence-electron chi connectivity index (χ0n) is 12.2. The van der Waals surface area contributed by atoms with E-state index in [1.54, 1.807) is 0 Å². The molecule has 2 aliphatic rings. The van der Waals surface area contributed by atoms with Crippen LogP contribution in [0.5, 0.6) is 0 Å². The summed E-state index contributed by atoms with van der Waals surface area (Å²) in [5.41, 5.74) is 3.75. The Morgan fingerprint density at radius 3 is 2.75 bits per heavy atom. The molecule has 1 aliphatic carbocycles. The normalized spacial score (nSPS) is 22.3. The van der Waals surface area contributed by atoms with Gasteiger partial charge < -0.3 is 4.74 Å². The third-order valence-corrected chi connectivity index (χ3v) is 4.64. The maximum atomic E-state index is 12.3. The van der Waals surface area contributed by atoms with Gasteiger partial charge in [0.25, 0.3) is 0 Å². The number of hydrogen-bond donors (Lipinski definition) is 0. The summed E-state index contributed by atoms with van der Waals surface area (Å²) in [4.78, 5) is 12.3. The van der Waals surface area contributed by atoms with Crippen molar-refractivity contribution in [2.24, 2.45) is 0 Å². The van der Waals surface area contributed by atoms with Crippen LogP contribution in [-0.4, -0.2) is 18.5 Å². The molecule has 2 heteroatoms. The number of fused-ring (bicyclic) bond motifs is 1. The molecule has 1 aliphatic heterocycles. The SMILES string of the molecule is O=C(CCC1CCCCO1)c1ccc2c(c1)CCCC2. The van der Waals surface area contributed by atoms with E-state index in [4.69, 9.17) is 4.74 Å². The minimum absolute atomic E-state index is 0.285. The lowest BCUT2D eigenvalue weighted by Crippen LogP contribution is -2.20. The van der Waals surface area contributed by atoms with Crippen molar-refractivity contribution in [1.29, 1.82) is 0 Å². The van der Waals surface area contributed by atoms with E-state index < -0.39 is 0 Å². The van der Waals surface area contributed by atoms with Crippen LogP contribution in [0.4, 0.5) is 0 Å². The first-order chi connectivity index (χ1) is 9.83. The lowest BCUT2D eigenvalue weighted by Gasteiger charge is -2.22. The lowest BCUT2D eigenvalue weighted by molar-refractivity contribution is 0.0104. The molecule has 0 amide bonds. The summed E-state index contributed by atoms with van der Waals surface area (Å²) in [7, 11) is 0. The maximum absolute atomic E-state index is 12.3. The second-order valence-corrected chi connectivity index (χ2v) is 6.14. The molecule has 3 rings (SSSR count). The third-order valence-electron chi connectivity index (χ3n) is 4.64. The fraction of sp³-hybridized carbons (Fsp3) is 0.611. The van der Waals surface area contributed by atoms with E-state index in [1.807, 2.05) is 6.07 Å². The van der Waals surface area contributed by atoms with Crippen molar-refractivity contribution >= 4 is 5.78 Å². The first kappa shape index (κ1) is 13.8. The fourth-order valence-electron chi connectivity index (χ4n) is 3.38. The molecule has 108 valence electrons. The van der Waals surface area contributed by atoms with Crippen molar-refractivity contribution in [1.82, 2.24) is 0 Å². The van der Waals surface area contributed by atoms with Crippen LogP contribution in [0.2, 0.25) is 0 Å². The van der Waals surface area contributed by atoms with Crippen LogP contribution in [0.25, 0.3) is 0 Å².